The number of sulfonamides is 1. The summed E-state index contributed by atoms with van der Waals surface area (Å²) in [7, 11) is -3.48. The van der Waals surface area contributed by atoms with Crippen molar-refractivity contribution >= 4 is 21.4 Å². The minimum absolute atomic E-state index is 0.0422. The van der Waals surface area contributed by atoms with E-state index < -0.39 is 10.0 Å². The molecular weight excluding hydrogens is 358 g/mol. The van der Waals surface area contributed by atoms with E-state index >= 15 is 0 Å². The lowest BCUT2D eigenvalue weighted by molar-refractivity contribution is 0.321. The van der Waals surface area contributed by atoms with E-state index in [-0.39, 0.29) is 12.3 Å². The van der Waals surface area contributed by atoms with Crippen LogP contribution in [0.1, 0.15) is 23.9 Å². The average molecular weight is 377 g/mol. The smallest absolute Gasteiger partial charge is 0.242 e. The Morgan fingerprint density at radius 3 is 2.68 bits per heavy atom. The molecule has 0 radical (unpaired) electrons. The summed E-state index contributed by atoms with van der Waals surface area (Å²) in [4.78, 5) is 5.19. The summed E-state index contributed by atoms with van der Waals surface area (Å²) in [6.45, 7) is 4.12. The van der Waals surface area contributed by atoms with Crippen molar-refractivity contribution < 1.29 is 12.9 Å². The van der Waals surface area contributed by atoms with Gasteiger partial charge in [-0.3, -0.25) is 0 Å². The Labute approximate surface area is 151 Å². The average Bonchev–Trinajstić information content (AvgIpc) is 3.25. The molecule has 2 heterocycles. The Morgan fingerprint density at radius 2 is 2.00 bits per heavy atom. The van der Waals surface area contributed by atoms with Gasteiger partial charge in [0.05, 0.1) is 17.2 Å². The first-order chi connectivity index (χ1) is 12.0. The van der Waals surface area contributed by atoms with Gasteiger partial charge in [-0.25, -0.2) is 8.42 Å². The van der Waals surface area contributed by atoms with Gasteiger partial charge in [0, 0.05) is 6.54 Å². The summed E-state index contributed by atoms with van der Waals surface area (Å²) in [6.07, 6.45) is 0. The molecule has 0 aliphatic heterocycles. The van der Waals surface area contributed by atoms with E-state index in [1.165, 1.54) is 15.6 Å². The third kappa shape index (κ3) is 4.15. The molecular formula is C17H19N3O3S2. The molecule has 0 aliphatic rings. The molecule has 0 fully saturated rings. The quantitative estimate of drug-likeness (QED) is 0.630. The van der Waals surface area contributed by atoms with Gasteiger partial charge >= 0.3 is 0 Å². The first kappa shape index (κ1) is 17.8. The van der Waals surface area contributed by atoms with Gasteiger partial charge in [-0.1, -0.05) is 42.4 Å². The van der Waals surface area contributed by atoms with Crippen molar-refractivity contribution in [3.8, 4) is 10.7 Å². The molecule has 0 atom stereocenters. The molecule has 8 heteroatoms. The van der Waals surface area contributed by atoms with Crippen molar-refractivity contribution in [2.24, 2.45) is 0 Å². The van der Waals surface area contributed by atoms with Crippen molar-refractivity contribution in [1.82, 2.24) is 14.4 Å². The van der Waals surface area contributed by atoms with Crippen molar-refractivity contribution in [1.29, 1.82) is 0 Å². The summed E-state index contributed by atoms with van der Waals surface area (Å²) in [5, 5.41) is 5.86. The predicted octanol–water partition coefficient (Wildman–Crippen LogP) is 3.46. The van der Waals surface area contributed by atoms with Gasteiger partial charge in [0.1, 0.15) is 0 Å². The van der Waals surface area contributed by atoms with Gasteiger partial charge < -0.3 is 4.52 Å². The van der Waals surface area contributed by atoms with Crippen LogP contribution in [0, 0.1) is 6.92 Å². The topological polar surface area (TPSA) is 76.3 Å². The Bertz CT molecular complexity index is 934. The molecule has 0 bridgehead atoms. The van der Waals surface area contributed by atoms with Crippen molar-refractivity contribution in [3.63, 3.8) is 0 Å². The Balaban J connectivity index is 1.76. The van der Waals surface area contributed by atoms with Gasteiger partial charge in [-0.15, -0.1) is 11.3 Å². The van der Waals surface area contributed by atoms with Crippen LogP contribution in [0.25, 0.3) is 10.7 Å². The van der Waals surface area contributed by atoms with E-state index in [9.17, 15) is 8.42 Å². The Kier molecular flexibility index (Phi) is 5.31. The van der Waals surface area contributed by atoms with Crippen LogP contribution < -0.4 is 0 Å². The molecule has 0 saturated carbocycles. The van der Waals surface area contributed by atoms with Crippen LogP contribution in [-0.2, 0) is 22.3 Å². The highest BCUT2D eigenvalue weighted by Crippen LogP contribution is 2.22. The molecule has 0 saturated heterocycles. The van der Waals surface area contributed by atoms with E-state index in [0.29, 0.717) is 18.3 Å². The molecule has 0 unspecified atom stereocenters. The highest BCUT2D eigenvalue weighted by atomic mass is 32.2. The second kappa shape index (κ2) is 7.47. The third-order valence-electron chi connectivity index (χ3n) is 3.87. The largest absolute Gasteiger partial charge is 0.337 e. The van der Waals surface area contributed by atoms with E-state index in [1.807, 2.05) is 48.7 Å². The molecule has 6 nitrogen and oxygen atoms in total. The monoisotopic (exact) mass is 377 g/mol. The van der Waals surface area contributed by atoms with Crippen molar-refractivity contribution in [2.75, 3.05) is 6.54 Å². The zero-order chi connectivity index (χ0) is 17.9. The summed E-state index contributed by atoms with van der Waals surface area (Å²) in [5.74, 6) is 0.732. The van der Waals surface area contributed by atoms with E-state index in [0.717, 1.165) is 16.0 Å². The predicted molar refractivity (Wildman–Crippen MR) is 97.5 cm³/mol. The molecule has 0 spiro atoms. The maximum absolute atomic E-state index is 12.8. The fraction of sp³-hybridized carbons (Fsp3) is 0.294. The fourth-order valence-corrected chi connectivity index (χ4v) is 4.69. The first-order valence-electron chi connectivity index (χ1n) is 7.88. The summed E-state index contributed by atoms with van der Waals surface area (Å²) in [6, 6.07) is 11.3. The van der Waals surface area contributed by atoms with E-state index in [1.54, 1.807) is 6.92 Å². The number of nitrogens with zero attached hydrogens (tertiary/aromatic N) is 3. The minimum atomic E-state index is -3.48. The van der Waals surface area contributed by atoms with Gasteiger partial charge in [0.25, 0.3) is 0 Å². The van der Waals surface area contributed by atoms with Crippen LogP contribution in [0.4, 0.5) is 0 Å². The molecule has 2 aromatic heterocycles. The summed E-state index contributed by atoms with van der Waals surface area (Å²) in [5.41, 5.74) is 1.76. The number of aryl methyl sites for hydroxylation is 1. The molecule has 0 amide bonds. The summed E-state index contributed by atoms with van der Waals surface area (Å²) < 4.78 is 32.1. The Morgan fingerprint density at radius 1 is 1.20 bits per heavy atom. The fourth-order valence-electron chi connectivity index (χ4n) is 2.44. The Hall–Kier alpha value is -2.03. The standard InChI is InChI=1S/C17H19N3O3S2/c1-3-20(25(21,22)12-14-8-5-4-7-13(14)2)11-16-18-17(19-23-16)15-9-6-10-24-15/h4-10H,3,11-12H2,1-2H3. The van der Waals surface area contributed by atoms with Crippen molar-refractivity contribution in [2.45, 2.75) is 26.1 Å². The first-order valence-corrected chi connectivity index (χ1v) is 10.4. The molecule has 0 aliphatic carbocycles. The highest BCUT2D eigenvalue weighted by Gasteiger charge is 2.24. The number of thiophene rings is 1. The van der Waals surface area contributed by atoms with Crippen LogP contribution in [-0.4, -0.2) is 29.4 Å². The van der Waals surface area contributed by atoms with Crippen LogP contribution in [0.5, 0.6) is 0 Å². The van der Waals surface area contributed by atoms with Gasteiger partial charge in [0.15, 0.2) is 0 Å². The molecule has 0 N–H and O–H groups in total. The maximum Gasteiger partial charge on any atom is 0.242 e. The third-order valence-corrected chi connectivity index (χ3v) is 6.58. The SMILES string of the molecule is CCN(Cc1nc(-c2cccs2)no1)S(=O)(=O)Cc1ccccc1C. The molecule has 1 aromatic carbocycles. The van der Waals surface area contributed by atoms with E-state index in [2.05, 4.69) is 10.1 Å². The zero-order valence-corrected chi connectivity index (χ0v) is 15.7. The number of benzene rings is 1. The lowest BCUT2D eigenvalue weighted by atomic mass is 10.1. The molecule has 132 valence electrons. The number of hydrogen-bond donors (Lipinski definition) is 0. The van der Waals surface area contributed by atoms with Crippen LogP contribution in [0.3, 0.4) is 0 Å². The molecule has 25 heavy (non-hydrogen) atoms. The lowest BCUT2D eigenvalue weighted by Crippen LogP contribution is -2.31. The molecule has 3 rings (SSSR count). The van der Waals surface area contributed by atoms with Crippen LogP contribution >= 0.6 is 11.3 Å². The van der Waals surface area contributed by atoms with E-state index in [4.69, 9.17) is 4.52 Å². The number of hydrogen-bond acceptors (Lipinski definition) is 6. The minimum Gasteiger partial charge on any atom is -0.337 e. The van der Waals surface area contributed by atoms with Gasteiger partial charge in [0.2, 0.25) is 21.7 Å². The maximum atomic E-state index is 12.8. The van der Waals surface area contributed by atoms with Gasteiger partial charge in [-0.05, 0) is 29.5 Å². The number of aromatic nitrogens is 2. The van der Waals surface area contributed by atoms with Crippen molar-refractivity contribution in [3.05, 3.63) is 58.8 Å². The van der Waals surface area contributed by atoms with Crippen LogP contribution in [0.15, 0.2) is 46.3 Å². The zero-order valence-electron chi connectivity index (χ0n) is 14.0. The lowest BCUT2D eigenvalue weighted by Gasteiger charge is -2.19. The van der Waals surface area contributed by atoms with Gasteiger partial charge in [-0.2, -0.15) is 9.29 Å². The highest BCUT2D eigenvalue weighted by molar-refractivity contribution is 7.88. The second-order valence-corrected chi connectivity index (χ2v) is 8.51. The normalized spacial score (nSPS) is 12.0. The van der Waals surface area contributed by atoms with Crippen LogP contribution in [0.2, 0.25) is 0 Å². The summed E-state index contributed by atoms with van der Waals surface area (Å²) >= 11 is 1.51. The second-order valence-electron chi connectivity index (χ2n) is 5.60. The number of rotatable bonds is 7. The molecule has 3 aromatic rings.